The molecule has 4 heteroatoms. The molecule has 0 radical (unpaired) electrons. The minimum Gasteiger partial charge on any atom is -0.435 e. The van der Waals surface area contributed by atoms with E-state index in [0.29, 0.717) is 0 Å². The average Bonchev–Trinajstić information content (AvgIpc) is 1.65. The number of hydrogen-bond donors (Lipinski definition) is 2. The molecule has 8 heavy (non-hydrogen) atoms. The van der Waals surface area contributed by atoms with Crippen molar-refractivity contribution in [2.75, 3.05) is 6.54 Å². The predicted molar refractivity (Wildman–Crippen MR) is 26.8 cm³/mol. The van der Waals surface area contributed by atoms with E-state index in [4.69, 9.17) is 10.8 Å². The SMILES string of the molecule is CC(O)OC(=O)CN. The molecule has 0 heterocycles. The minimum atomic E-state index is -1.05. The van der Waals surface area contributed by atoms with Gasteiger partial charge < -0.3 is 15.6 Å². The van der Waals surface area contributed by atoms with Crippen LogP contribution in [0.25, 0.3) is 0 Å². The Labute approximate surface area is 47.2 Å². The predicted octanol–water partition coefficient (Wildman–Crippen LogP) is -1.17. The van der Waals surface area contributed by atoms with Crippen LogP contribution < -0.4 is 5.73 Å². The number of carbonyl (C=O) groups is 1. The van der Waals surface area contributed by atoms with Crippen LogP contribution in [0.3, 0.4) is 0 Å². The van der Waals surface area contributed by atoms with E-state index in [1.54, 1.807) is 0 Å². The third kappa shape index (κ3) is 3.58. The van der Waals surface area contributed by atoms with Crippen molar-refractivity contribution in [3.8, 4) is 0 Å². The average molecular weight is 119 g/mol. The van der Waals surface area contributed by atoms with Crippen molar-refractivity contribution in [1.82, 2.24) is 0 Å². The van der Waals surface area contributed by atoms with Crippen molar-refractivity contribution < 1.29 is 14.6 Å². The highest BCUT2D eigenvalue weighted by Crippen LogP contribution is 1.81. The molecule has 3 N–H and O–H groups in total. The maximum atomic E-state index is 10.1. The Balaban J connectivity index is 3.25. The number of rotatable bonds is 2. The highest BCUT2D eigenvalue weighted by atomic mass is 16.6. The van der Waals surface area contributed by atoms with Gasteiger partial charge >= 0.3 is 5.97 Å². The lowest BCUT2D eigenvalue weighted by Crippen LogP contribution is -2.21. The Hall–Kier alpha value is -0.610. The van der Waals surface area contributed by atoms with Gasteiger partial charge in [0.25, 0.3) is 0 Å². The van der Waals surface area contributed by atoms with Crippen molar-refractivity contribution in [3.63, 3.8) is 0 Å². The molecule has 0 aromatic rings. The van der Waals surface area contributed by atoms with Crippen molar-refractivity contribution in [3.05, 3.63) is 0 Å². The Morgan fingerprint density at radius 3 is 2.62 bits per heavy atom. The van der Waals surface area contributed by atoms with Crippen LogP contribution in [0.4, 0.5) is 0 Å². The van der Waals surface area contributed by atoms with Crippen LogP contribution in [0.2, 0.25) is 0 Å². The van der Waals surface area contributed by atoms with Crippen molar-refractivity contribution in [2.45, 2.75) is 13.2 Å². The number of ether oxygens (including phenoxy) is 1. The molecule has 1 unspecified atom stereocenters. The van der Waals surface area contributed by atoms with Gasteiger partial charge in [0, 0.05) is 0 Å². The summed E-state index contributed by atoms with van der Waals surface area (Å²) in [6, 6.07) is 0. The molecule has 0 spiro atoms. The van der Waals surface area contributed by atoms with E-state index < -0.39 is 12.3 Å². The molecule has 0 fully saturated rings. The highest BCUT2D eigenvalue weighted by molar-refractivity contribution is 5.71. The molecule has 0 saturated heterocycles. The fourth-order valence-electron chi connectivity index (χ4n) is 0.238. The summed E-state index contributed by atoms with van der Waals surface area (Å²) < 4.78 is 4.19. The zero-order valence-corrected chi connectivity index (χ0v) is 4.63. The summed E-state index contributed by atoms with van der Waals surface area (Å²) in [4.78, 5) is 10.1. The lowest BCUT2D eigenvalue weighted by Gasteiger charge is -2.03. The molecule has 4 nitrogen and oxygen atoms in total. The van der Waals surface area contributed by atoms with Crippen LogP contribution in [-0.2, 0) is 9.53 Å². The van der Waals surface area contributed by atoms with Crippen LogP contribution in [0.5, 0.6) is 0 Å². The van der Waals surface area contributed by atoms with Crippen LogP contribution in [0, 0.1) is 0 Å². The maximum absolute atomic E-state index is 10.1. The molecular weight excluding hydrogens is 110 g/mol. The second kappa shape index (κ2) is 3.40. The molecule has 0 aliphatic rings. The fourth-order valence-corrected chi connectivity index (χ4v) is 0.238. The first-order chi connectivity index (χ1) is 3.66. The molecular formula is C4H9NO3. The summed E-state index contributed by atoms with van der Waals surface area (Å²) in [6.07, 6.45) is -1.05. The first kappa shape index (κ1) is 7.39. The molecule has 0 aliphatic heterocycles. The largest absolute Gasteiger partial charge is 0.435 e. The molecule has 0 aromatic carbocycles. The summed E-state index contributed by atoms with van der Waals surface area (Å²) in [6.45, 7) is 1.15. The van der Waals surface area contributed by atoms with E-state index in [0.717, 1.165) is 0 Å². The van der Waals surface area contributed by atoms with E-state index in [2.05, 4.69) is 4.74 Å². The summed E-state index contributed by atoms with van der Waals surface area (Å²) in [5, 5.41) is 8.36. The summed E-state index contributed by atoms with van der Waals surface area (Å²) in [7, 11) is 0. The molecule has 0 bridgehead atoms. The normalized spacial score (nSPS) is 12.9. The standard InChI is InChI=1S/C4H9NO3/c1-3(6)8-4(7)2-5/h3,6H,2,5H2,1H3. The van der Waals surface area contributed by atoms with Crippen LogP contribution in [0.15, 0.2) is 0 Å². The van der Waals surface area contributed by atoms with E-state index >= 15 is 0 Å². The Morgan fingerprint density at radius 2 is 2.50 bits per heavy atom. The molecule has 0 amide bonds. The van der Waals surface area contributed by atoms with Gasteiger partial charge in [-0.2, -0.15) is 0 Å². The van der Waals surface area contributed by atoms with E-state index in [9.17, 15) is 4.79 Å². The van der Waals surface area contributed by atoms with Gasteiger partial charge in [-0.3, -0.25) is 4.79 Å². The van der Waals surface area contributed by atoms with Gasteiger partial charge in [0.05, 0.1) is 6.54 Å². The smallest absolute Gasteiger partial charge is 0.321 e. The van der Waals surface area contributed by atoms with Crippen LogP contribution in [-0.4, -0.2) is 23.9 Å². The quantitative estimate of drug-likeness (QED) is 0.355. The van der Waals surface area contributed by atoms with Gasteiger partial charge in [0.15, 0.2) is 6.29 Å². The van der Waals surface area contributed by atoms with Crippen molar-refractivity contribution in [1.29, 1.82) is 0 Å². The van der Waals surface area contributed by atoms with Gasteiger partial charge in [0.2, 0.25) is 0 Å². The second-order valence-corrected chi connectivity index (χ2v) is 1.29. The first-order valence-electron chi connectivity index (χ1n) is 2.24. The molecule has 0 aromatic heterocycles. The third-order valence-corrected chi connectivity index (χ3v) is 0.469. The maximum Gasteiger partial charge on any atom is 0.321 e. The molecule has 0 rings (SSSR count). The van der Waals surface area contributed by atoms with Crippen molar-refractivity contribution >= 4 is 5.97 Å². The lowest BCUT2D eigenvalue weighted by atomic mass is 10.7. The van der Waals surface area contributed by atoms with Gasteiger partial charge in [-0.1, -0.05) is 0 Å². The zero-order valence-electron chi connectivity index (χ0n) is 4.63. The van der Waals surface area contributed by atoms with Gasteiger partial charge in [-0.15, -0.1) is 0 Å². The molecule has 0 aliphatic carbocycles. The summed E-state index contributed by atoms with van der Waals surface area (Å²) in [5.74, 6) is -0.597. The lowest BCUT2D eigenvalue weighted by molar-refractivity contribution is -0.162. The summed E-state index contributed by atoms with van der Waals surface area (Å²) in [5.41, 5.74) is 4.83. The number of esters is 1. The van der Waals surface area contributed by atoms with Gasteiger partial charge in [0.1, 0.15) is 0 Å². The zero-order chi connectivity index (χ0) is 6.57. The number of hydrogen-bond acceptors (Lipinski definition) is 4. The van der Waals surface area contributed by atoms with Crippen molar-refractivity contribution in [2.24, 2.45) is 5.73 Å². The van der Waals surface area contributed by atoms with Gasteiger partial charge in [-0.25, -0.2) is 0 Å². The van der Waals surface area contributed by atoms with Gasteiger partial charge in [-0.05, 0) is 6.92 Å². The van der Waals surface area contributed by atoms with Crippen LogP contribution in [0.1, 0.15) is 6.92 Å². The number of carbonyl (C=O) groups excluding carboxylic acids is 1. The summed E-state index contributed by atoms with van der Waals surface area (Å²) >= 11 is 0. The first-order valence-corrected chi connectivity index (χ1v) is 2.24. The Morgan fingerprint density at radius 1 is 2.00 bits per heavy atom. The highest BCUT2D eigenvalue weighted by Gasteiger charge is 2.00. The van der Waals surface area contributed by atoms with E-state index in [-0.39, 0.29) is 6.54 Å². The molecule has 0 saturated carbocycles. The monoisotopic (exact) mass is 119 g/mol. The number of aliphatic hydroxyl groups excluding tert-OH is 1. The minimum absolute atomic E-state index is 0.190. The Bertz CT molecular complexity index is 81.4. The fraction of sp³-hybridized carbons (Fsp3) is 0.750. The third-order valence-electron chi connectivity index (χ3n) is 0.469. The van der Waals surface area contributed by atoms with E-state index in [1.807, 2.05) is 0 Å². The molecule has 48 valence electrons. The number of nitrogens with two attached hydrogens (primary N) is 1. The number of aliphatic hydroxyl groups is 1. The van der Waals surface area contributed by atoms with E-state index in [1.165, 1.54) is 6.92 Å². The second-order valence-electron chi connectivity index (χ2n) is 1.29. The van der Waals surface area contributed by atoms with Crippen LogP contribution >= 0.6 is 0 Å². The molecule has 1 atom stereocenters. The Kier molecular flexibility index (Phi) is 3.14. The topological polar surface area (TPSA) is 72.5 Å².